The molecule has 1 rings (SSSR count). The van der Waals surface area contributed by atoms with Crippen molar-refractivity contribution >= 4 is 0 Å². The second-order valence-electron chi connectivity index (χ2n) is 5.97. The summed E-state index contributed by atoms with van der Waals surface area (Å²) < 4.78 is 0. The monoisotopic (exact) mass is 254 g/mol. The Hall–Kier alpha value is -0.0800. The summed E-state index contributed by atoms with van der Waals surface area (Å²) in [7, 11) is 0. The summed E-state index contributed by atoms with van der Waals surface area (Å²) in [6, 6.07) is 0. The van der Waals surface area contributed by atoms with Crippen LogP contribution < -0.4 is 11.1 Å². The van der Waals surface area contributed by atoms with Crippen LogP contribution in [0.2, 0.25) is 0 Å². The van der Waals surface area contributed by atoms with Crippen LogP contribution in [0.4, 0.5) is 0 Å². The molecule has 2 heteroatoms. The molecule has 0 amide bonds. The largest absolute Gasteiger partial charge is 0.330 e. The molecule has 0 spiro atoms. The lowest BCUT2D eigenvalue weighted by molar-refractivity contribution is 0.341. The third-order valence-electron chi connectivity index (χ3n) is 4.22. The minimum Gasteiger partial charge on any atom is -0.330 e. The molecule has 0 bridgehead atoms. The van der Waals surface area contributed by atoms with Crippen LogP contribution in [0.5, 0.6) is 0 Å². The zero-order valence-electron chi connectivity index (χ0n) is 12.3. The van der Waals surface area contributed by atoms with Crippen molar-refractivity contribution < 1.29 is 0 Å². The lowest BCUT2D eigenvalue weighted by Gasteiger charge is -2.21. The number of hydrogen-bond acceptors (Lipinski definition) is 2. The molecule has 108 valence electrons. The average molecular weight is 254 g/mol. The Labute approximate surface area is 114 Å². The highest BCUT2D eigenvalue weighted by Crippen LogP contribution is 2.22. The van der Waals surface area contributed by atoms with Gasteiger partial charge in [-0.3, -0.25) is 0 Å². The van der Waals surface area contributed by atoms with Crippen molar-refractivity contribution in [2.45, 2.75) is 77.0 Å². The number of nitrogens with one attached hydrogen (secondary N) is 1. The summed E-state index contributed by atoms with van der Waals surface area (Å²) in [5, 5.41) is 3.65. The van der Waals surface area contributed by atoms with Crippen LogP contribution in [-0.4, -0.2) is 19.6 Å². The van der Waals surface area contributed by atoms with E-state index >= 15 is 0 Å². The Kier molecular flexibility index (Phi) is 10.6. The van der Waals surface area contributed by atoms with E-state index in [2.05, 4.69) is 5.32 Å². The quantitative estimate of drug-likeness (QED) is 0.550. The molecule has 1 fully saturated rings. The van der Waals surface area contributed by atoms with Crippen LogP contribution in [0.3, 0.4) is 0 Å². The Bertz CT molecular complexity index is 164. The van der Waals surface area contributed by atoms with E-state index in [1.54, 1.807) is 0 Å². The predicted molar refractivity (Wildman–Crippen MR) is 80.8 cm³/mol. The van der Waals surface area contributed by atoms with Gasteiger partial charge in [0.15, 0.2) is 0 Å². The van der Waals surface area contributed by atoms with E-state index in [9.17, 15) is 0 Å². The Morgan fingerprint density at radius 1 is 0.778 bits per heavy atom. The molecular formula is C16H34N2. The number of nitrogens with two attached hydrogens (primary N) is 1. The van der Waals surface area contributed by atoms with Crippen LogP contribution in [-0.2, 0) is 0 Å². The van der Waals surface area contributed by atoms with Crippen molar-refractivity contribution in [3.8, 4) is 0 Å². The molecule has 0 unspecified atom stereocenters. The number of rotatable bonds is 11. The first kappa shape index (κ1) is 16.0. The van der Waals surface area contributed by atoms with Gasteiger partial charge in [-0.15, -0.1) is 0 Å². The zero-order valence-corrected chi connectivity index (χ0v) is 12.3. The molecule has 0 atom stereocenters. The molecule has 3 N–H and O–H groups in total. The molecule has 1 aliphatic rings. The highest BCUT2D eigenvalue weighted by Gasteiger charge is 2.11. The van der Waals surface area contributed by atoms with Crippen LogP contribution in [0.15, 0.2) is 0 Å². The van der Waals surface area contributed by atoms with E-state index in [0.29, 0.717) is 0 Å². The van der Waals surface area contributed by atoms with Gasteiger partial charge in [-0.1, -0.05) is 51.4 Å². The highest BCUT2D eigenvalue weighted by atomic mass is 14.9. The van der Waals surface area contributed by atoms with Gasteiger partial charge >= 0.3 is 0 Å². The van der Waals surface area contributed by atoms with Gasteiger partial charge in [0.2, 0.25) is 0 Å². The van der Waals surface area contributed by atoms with Gasteiger partial charge in [-0.05, 0) is 51.2 Å². The van der Waals surface area contributed by atoms with Crippen molar-refractivity contribution in [2.75, 3.05) is 19.6 Å². The third-order valence-corrected chi connectivity index (χ3v) is 4.22. The summed E-state index contributed by atoms with van der Waals surface area (Å²) in [5.74, 6) is 0.981. The van der Waals surface area contributed by atoms with Crippen molar-refractivity contribution in [2.24, 2.45) is 11.7 Å². The highest BCUT2D eigenvalue weighted by molar-refractivity contribution is 4.67. The van der Waals surface area contributed by atoms with E-state index in [1.807, 2.05) is 0 Å². The van der Waals surface area contributed by atoms with E-state index < -0.39 is 0 Å². The standard InChI is InChI=1S/C16H34N2/c17-13-9-4-2-1-3-5-10-14-18-15-16-11-7-6-8-12-16/h16,18H,1-15,17H2. The fraction of sp³-hybridized carbons (Fsp3) is 1.00. The summed E-state index contributed by atoms with van der Waals surface area (Å²) in [4.78, 5) is 0. The van der Waals surface area contributed by atoms with E-state index in [-0.39, 0.29) is 0 Å². The molecule has 0 aromatic carbocycles. The van der Waals surface area contributed by atoms with Gasteiger partial charge in [0, 0.05) is 0 Å². The van der Waals surface area contributed by atoms with Gasteiger partial charge < -0.3 is 11.1 Å². The Balaban J connectivity index is 1.73. The maximum atomic E-state index is 5.48. The van der Waals surface area contributed by atoms with Gasteiger partial charge in [-0.2, -0.15) is 0 Å². The van der Waals surface area contributed by atoms with E-state index in [1.165, 1.54) is 90.1 Å². The first-order chi connectivity index (χ1) is 8.93. The average Bonchev–Trinajstić information content (AvgIpc) is 2.42. The third kappa shape index (κ3) is 8.93. The minimum atomic E-state index is 0.866. The molecular weight excluding hydrogens is 220 g/mol. The van der Waals surface area contributed by atoms with Crippen molar-refractivity contribution in [3.05, 3.63) is 0 Å². The maximum absolute atomic E-state index is 5.48. The summed E-state index contributed by atoms with van der Waals surface area (Å²) in [6.07, 6.45) is 16.8. The normalized spacial score (nSPS) is 17.2. The Morgan fingerprint density at radius 3 is 2.06 bits per heavy atom. The Morgan fingerprint density at radius 2 is 1.39 bits per heavy atom. The fourth-order valence-electron chi connectivity index (χ4n) is 2.98. The van der Waals surface area contributed by atoms with E-state index in [0.717, 1.165) is 12.5 Å². The molecule has 0 heterocycles. The summed E-state index contributed by atoms with van der Waals surface area (Å²) in [5.41, 5.74) is 5.48. The molecule has 0 saturated heterocycles. The van der Waals surface area contributed by atoms with Crippen LogP contribution in [0, 0.1) is 5.92 Å². The van der Waals surface area contributed by atoms with Gasteiger partial charge in [0.05, 0.1) is 0 Å². The predicted octanol–water partition coefficient (Wildman–Crippen LogP) is 3.85. The smallest absolute Gasteiger partial charge is 0.00205 e. The summed E-state index contributed by atoms with van der Waals surface area (Å²) >= 11 is 0. The lowest BCUT2D eigenvalue weighted by atomic mass is 9.89. The van der Waals surface area contributed by atoms with Crippen molar-refractivity contribution in [1.82, 2.24) is 5.32 Å². The topological polar surface area (TPSA) is 38.0 Å². The second kappa shape index (κ2) is 12.0. The fourth-order valence-corrected chi connectivity index (χ4v) is 2.98. The lowest BCUT2D eigenvalue weighted by Crippen LogP contribution is -2.25. The van der Waals surface area contributed by atoms with Crippen LogP contribution >= 0.6 is 0 Å². The molecule has 0 aliphatic heterocycles. The maximum Gasteiger partial charge on any atom is -0.00205 e. The van der Waals surface area contributed by atoms with Gasteiger partial charge in [0.1, 0.15) is 0 Å². The zero-order chi connectivity index (χ0) is 12.9. The summed E-state index contributed by atoms with van der Waals surface area (Å²) in [6.45, 7) is 3.38. The second-order valence-corrected chi connectivity index (χ2v) is 5.97. The molecule has 1 aliphatic carbocycles. The van der Waals surface area contributed by atoms with Crippen molar-refractivity contribution in [1.29, 1.82) is 0 Å². The minimum absolute atomic E-state index is 0.866. The molecule has 1 saturated carbocycles. The number of unbranched alkanes of at least 4 members (excludes halogenated alkanes) is 6. The molecule has 18 heavy (non-hydrogen) atoms. The SMILES string of the molecule is NCCCCCCCCCNCC1CCCCC1. The van der Waals surface area contributed by atoms with E-state index in [4.69, 9.17) is 5.73 Å². The van der Waals surface area contributed by atoms with Crippen LogP contribution in [0.1, 0.15) is 77.0 Å². The molecule has 0 radical (unpaired) electrons. The molecule has 0 aromatic rings. The first-order valence-electron chi connectivity index (χ1n) is 8.34. The molecule has 0 aromatic heterocycles. The van der Waals surface area contributed by atoms with Crippen LogP contribution in [0.25, 0.3) is 0 Å². The van der Waals surface area contributed by atoms with Gasteiger partial charge in [-0.25, -0.2) is 0 Å². The first-order valence-corrected chi connectivity index (χ1v) is 8.34. The molecule has 2 nitrogen and oxygen atoms in total. The van der Waals surface area contributed by atoms with Gasteiger partial charge in [0.25, 0.3) is 0 Å². The van der Waals surface area contributed by atoms with Crippen molar-refractivity contribution in [3.63, 3.8) is 0 Å². The number of hydrogen-bond donors (Lipinski definition) is 2.